The third kappa shape index (κ3) is 3.66. The van der Waals surface area contributed by atoms with Gasteiger partial charge in [0.25, 0.3) is 0 Å². The average Bonchev–Trinajstić information content (AvgIpc) is 2.33. The first-order chi connectivity index (χ1) is 9.20. The number of nitrogens with zero attached hydrogens (tertiary/aromatic N) is 1. The van der Waals surface area contributed by atoms with Crippen LogP contribution in [-0.4, -0.2) is 51.2 Å². The molecule has 114 valence electrons. The van der Waals surface area contributed by atoms with Crippen molar-refractivity contribution in [2.45, 2.75) is 17.9 Å². The number of methoxy groups -OCH3 is 1. The molecule has 1 aromatic carbocycles. The summed E-state index contributed by atoms with van der Waals surface area (Å²) >= 11 is 0. The van der Waals surface area contributed by atoms with Gasteiger partial charge in [0.05, 0.1) is 12.7 Å². The predicted molar refractivity (Wildman–Crippen MR) is 73.2 cm³/mol. The van der Waals surface area contributed by atoms with Gasteiger partial charge in [0, 0.05) is 26.4 Å². The number of aryl methyl sites for hydroxylation is 1. The molecule has 1 aromatic rings. The zero-order chi connectivity index (χ0) is 15.5. The van der Waals surface area contributed by atoms with E-state index in [1.54, 1.807) is 0 Å². The summed E-state index contributed by atoms with van der Waals surface area (Å²) in [5.41, 5.74) is 5.86. The number of benzene rings is 1. The van der Waals surface area contributed by atoms with Gasteiger partial charge in [-0.1, -0.05) is 0 Å². The smallest absolute Gasteiger partial charge is 0.245 e. The number of aliphatic hydroxyl groups is 1. The van der Waals surface area contributed by atoms with E-state index in [1.165, 1.54) is 27.1 Å². The van der Waals surface area contributed by atoms with Gasteiger partial charge in [0.15, 0.2) is 0 Å². The number of ether oxygens (including phenoxy) is 1. The molecule has 0 aliphatic carbocycles. The van der Waals surface area contributed by atoms with Crippen LogP contribution in [-0.2, 0) is 14.8 Å². The van der Waals surface area contributed by atoms with Crippen molar-refractivity contribution in [2.24, 2.45) is 0 Å². The fourth-order valence-corrected chi connectivity index (χ4v) is 3.14. The zero-order valence-electron chi connectivity index (χ0n) is 11.6. The Morgan fingerprint density at radius 3 is 2.65 bits per heavy atom. The van der Waals surface area contributed by atoms with Crippen molar-refractivity contribution < 1.29 is 22.7 Å². The number of hydrogen-bond donors (Lipinski definition) is 2. The minimum Gasteiger partial charge on any atom is -0.399 e. The van der Waals surface area contributed by atoms with Gasteiger partial charge in [0.2, 0.25) is 10.0 Å². The number of hydrogen-bond acceptors (Lipinski definition) is 5. The number of likely N-dealkylation sites (N-methyl/N-ethyl adjacent to an activating group) is 1. The maximum Gasteiger partial charge on any atom is 0.245 e. The summed E-state index contributed by atoms with van der Waals surface area (Å²) in [6.45, 7) is 1.21. The lowest BCUT2D eigenvalue weighted by Crippen LogP contribution is -2.36. The van der Waals surface area contributed by atoms with Crippen LogP contribution in [0.3, 0.4) is 0 Å². The van der Waals surface area contributed by atoms with Gasteiger partial charge in [-0.05, 0) is 24.6 Å². The largest absolute Gasteiger partial charge is 0.399 e. The number of nitrogens with two attached hydrogens (primary N) is 1. The summed E-state index contributed by atoms with van der Waals surface area (Å²) in [4.78, 5) is -0.498. The van der Waals surface area contributed by atoms with Gasteiger partial charge in [-0.3, -0.25) is 0 Å². The van der Waals surface area contributed by atoms with E-state index in [2.05, 4.69) is 0 Å². The summed E-state index contributed by atoms with van der Waals surface area (Å²) < 4.78 is 44.1. The molecule has 0 fully saturated rings. The summed E-state index contributed by atoms with van der Waals surface area (Å²) in [7, 11) is -1.42. The van der Waals surface area contributed by atoms with Crippen molar-refractivity contribution in [3.05, 3.63) is 23.5 Å². The normalized spacial score (nSPS) is 13.7. The van der Waals surface area contributed by atoms with Crippen LogP contribution in [0, 0.1) is 12.7 Å². The summed E-state index contributed by atoms with van der Waals surface area (Å²) in [6.07, 6.45) is -0.995. The van der Waals surface area contributed by atoms with Crippen molar-refractivity contribution in [3.63, 3.8) is 0 Å². The average molecular weight is 306 g/mol. The van der Waals surface area contributed by atoms with E-state index in [1.807, 2.05) is 0 Å². The molecule has 0 aromatic heterocycles. The second-order valence-electron chi connectivity index (χ2n) is 4.54. The highest BCUT2D eigenvalue weighted by Crippen LogP contribution is 2.24. The highest BCUT2D eigenvalue weighted by molar-refractivity contribution is 7.89. The second kappa shape index (κ2) is 6.49. The molecule has 1 rings (SSSR count). The van der Waals surface area contributed by atoms with Crippen LogP contribution in [0.1, 0.15) is 5.56 Å². The Morgan fingerprint density at radius 1 is 1.50 bits per heavy atom. The monoisotopic (exact) mass is 306 g/mol. The summed E-state index contributed by atoms with van der Waals surface area (Å²) in [5.74, 6) is -0.840. The molecule has 1 unspecified atom stereocenters. The lowest BCUT2D eigenvalue weighted by molar-refractivity contribution is 0.0554. The molecular weight excluding hydrogens is 287 g/mol. The van der Waals surface area contributed by atoms with Gasteiger partial charge in [-0.15, -0.1) is 0 Å². The minimum atomic E-state index is -4.07. The van der Waals surface area contributed by atoms with E-state index >= 15 is 0 Å². The molecule has 0 spiro atoms. The second-order valence-corrected chi connectivity index (χ2v) is 6.56. The number of aliphatic hydroxyl groups excluding tert-OH is 1. The number of halogens is 1. The molecule has 0 saturated heterocycles. The van der Waals surface area contributed by atoms with E-state index in [0.717, 1.165) is 10.4 Å². The lowest BCUT2D eigenvalue weighted by atomic mass is 10.2. The molecule has 20 heavy (non-hydrogen) atoms. The molecule has 0 heterocycles. The van der Waals surface area contributed by atoms with Gasteiger partial charge < -0.3 is 15.6 Å². The van der Waals surface area contributed by atoms with Crippen molar-refractivity contribution in [1.82, 2.24) is 4.31 Å². The minimum absolute atomic E-state index is 0.0156. The van der Waals surface area contributed by atoms with E-state index in [-0.39, 0.29) is 24.4 Å². The molecule has 0 aliphatic heterocycles. The fraction of sp³-hybridized carbons (Fsp3) is 0.500. The Labute approximate surface area is 118 Å². The molecule has 0 radical (unpaired) electrons. The molecular formula is C12H19FN2O4S. The zero-order valence-corrected chi connectivity index (χ0v) is 12.4. The molecule has 8 heteroatoms. The Balaban J connectivity index is 3.11. The maximum atomic E-state index is 14.0. The number of sulfonamides is 1. The Kier molecular flexibility index (Phi) is 5.46. The molecule has 0 aliphatic rings. The van der Waals surface area contributed by atoms with Crippen molar-refractivity contribution in [1.29, 1.82) is 0 Å². The highest BCUT2D eigenvalue weighted by atomic mass is 32.2. The molecule has 6 nitrogen and oxygen atoms in total. The van der Waals surface area contributed by atoms with Gasteiger partial charge >= 0.3 is 0 Å². The molecule has 1 atom stereocenters. The van der Waals surface area contributed by atoms with Gasteiger partial charge in [0.1, 0.15) is 10.7 Å². The molecule has 3 N–H and O–H groups in total. The van der Waals surface area contributed by atoms with Crippen LogP contribution in [0.4, 0.5) is 10.1 Å². The van der Waals surface area contributed by atoms with E-state index in [4.69, 9.17) is 10.5 Å². The number of rotatable bonds is 6. The van der Waals surface area contributed by atoms with Crippen molar-refractivity contribution in [3.8, 4) is 0 Å². The third-order valence-electron chi connectivity index (χ3n) is 2.76. The van der Waals surface area contributed by atoms with Crippen molar-refractivity contribution >= 4 is 15.7 Å². The van der Waals surface area contributed by atoms with Crippen molar-refractivity contribution in [2.75, 3.05) is 33.0 Å². The SMILES string of the molecule is COCC(O)CN(C)S(=O)(=O)c1cc(N)cc(C)c1F. The molecule has 0 amide bonds. The quantitative estimate of drug-likeness (QED) is 0.740. The lowest BCUT2D eigenvalue weighted by Gasteiger charge is -2.21. The topological polar surface area (TPSA) is 92.9 Å². The van der Waals surface area contributed by atoms with E-state index in [9.17, 15) is 17.9 Å². The standard InChI is InChI=1S/C12H19FN2O4S/c1-8-4-9(14)5-11(12(8)13)20(17,18)15(2)6-10(16)7-19-3/h4-5,10,16H,6-7,14H2,1-3H3. The first-order valence-corrected chi connectivity index (χ1v) is 7.33. The predicted octanol–water partition coefficient (Wildman–Crippen LogP) is 0.344. The van der Waals surface area contributed by atoms with Crippen LogP contribution in [0.15, 0.2) is 17.0 Å². The molecule has 0 saturated carbocycles. The van der Waals surface area contributed by atoms with Crippen LogP contribution in [0.2, 0.25) is 0 Å². The van der Waals surface area contributed by atoms with Crippen LogP contribution in [0.5, 0.6) is 0 Å². The summed E-state index contributed by atoms with van der Waals surface area (Å²) in [5, 5.41) is 9.56. The van der Waals surface area contributed by atoms with Crippen LogP contribution >= 0.6 is 0 Å². The van der Waals surface area contributed by atoms with E-state index in [0.29, 0.717) is 0 Å². The van der Waals surface area contributed by atoms with Crippen LogP contribution in [0.25, 0.3) is 0 Å². The Bertz CT molecular complexity index is 577. The first-order valence-electron chi connectivity index (χ1n) is 5.89. The maximum absolute atomic E-state index is 14.0. The van der Waals surface area contributed by atoms with Crippen LogP contribution < -0.4 is 5.73 Å². The Morgan fingerprint density at radius 2 is 2.10 bits per heavy atom. The summed E-state index contributed by atoms with van der Waals surface area (Å²) in [6, 6.07) is 2.42. The van der Waals surface area contributed by atoms with Gasteiger partial charge in [-0.2, -0.15) is 4.31 Å². The number of nitrogen functional groups attached to an aromatic ring is 1. The fourth-order valence-electron chi connectivity index (χ4n) is 1.76. The number of anilines is 1. The third-order valence-corrected chi connectivity index (χ3v) is 4.58. The van der Waals surface area contributed by atoms with E-state index < -0.39 is 26.8 Å². The Hall–Kier alpha value is -1.22. The first kappa shape index (κ1) is 16.8. The highest BCUT2D eigenvalue weighted by Gasteiger charge is 2.27. The van der Waals surface area contributed by atoms with Gasteiger partial charge in [-0.25, -0.2) is 12.8 Å². The molecule has 0 bridgehead atoms.